The Morgan fingerprint density at radius 1 is 1.08 bits per heavy atom. The van der Waals surface area contributed by atoms with E-state index in [1.807, 2.05) is 20.8 Å². The first-order chi connectivity index (χ1) is 11.1. The van der Waals surface area contributed by atoms with Gasteiger partial charge in [-0.15, -0.1) is 0 Å². The summed E-state index contributed by atoms with van der Waals surface area (Å²) >= 11 is 0. The van der Waals surface area contributed by atoms with Crippen LogP contribution in [0, 0.1) is 5.92 Å². The van der Waals surface area contributed by atoms with E-state index in [0.717, 1.165) is 0 Å². The third kappa shape index (κ3) is 8.17. The highest BCUT2D eigenvalue weighted by Crippen LogP contribution is 2.12. The summed E-state index contributed by atoms with van der Waals surface area (Å²) in [6.45, 7) is 10.9. The lowest BCUT2D eigenvalue weighted by Crippen LogP contribution is -2.54. The molecule has 140 valence electrons. The van der Waals surface area contributed by atoms with Gasteiger partial charge in [0, 0.05) is 0 Å². The molecule has 0 rings (SSSR count). The van der Waals surface area contributed by atoms with E-state index < -0.39 is 35.7 Å². The largest absolute Gasteiger partial charge is 0.467 e. The van der Waals surface area contributed by atoms with E-state index >= 15 is 0 Å². The third-order valence-corrected chi connectivity index (χ3v) is 3.55. The number of methoxy groups -OCH3 is 1. The predicted octanol–water partition coefficient (Wildman–Crippen LogP) is 2.38. The number of amides is 2. The van der Waals surface area contributed by atoms with Crippen LogP contribution in [0.2, 0.25) is 0 Å². The van der Waals surface area contributed by atoms with Crippen LogP contribution in [-0.2, 0) is 19.1 Å². The van der Waals surface area contributed by atoms with Crippen molar-refractivity contribution in [3.05, 3.63) is 0 Å². The lowest BCUT2D eigenvalue weighted by Gasteiger charge is -2.27. The highest BCUT2D eigenvalue weighted by Gasteiger charge is 2.31. The minimum absolute atomic E-state index is 0.113. The normalized spacial score (nSPS) is 15.0. The molecule has 0 aliphatic heterocycles. The Hall–Kier alpha value is -1.79. The van der Waals surface area contributed by atoms with Gasteiger partial charge in [0.05, 0.1) is 7.11 Å². The van der Waals surface area contributed by atoms with Crippen LogP contribution < -0.4 is 10.6 Å². The van der Waals surface area contributed by atoms with E-state index in [2.05, 4.69) is 10.6 Å². The van der Waals surface area contributed by atoms with Crippen LogP contribution >= 0.6 is 0 Å². The summed E-state index contributed by atoms with van der Waals surface area (Å²) in [5.74, 6) is -1.03. The van der Waals surface area contributed by atoms with Gasteiger partial charge in [-0.25, -0.2) is 9.59 Å². The van der Waals surface area contributed by atoms with Gasteiger partial charge in [0.2, 0.25) is 5.91 Å². The summed E-state index contributed by atoms with van der Waals surface area (Å²) < 4.78 is 9.93. The second kappa shape index (κ2) is 10.2. The first kappa shape index (κ1) is 22.2. The van der Waals surface area contributed by atoms with Gasteiger partial charge in [0.25, 0.3) is 0 Å². The van der Waals surface area contributed by atoms with Crippen LogP contribution in [0.4, 0.5) is 4.79 Å². The van der Waals surface area contributed by atoms with Crippen molar-refractivity contribution in [3.8, 4) is 0 Å². The van der Waals surface area contributed by atoms with Crippen LogP contribution in [0.15, 0.2) is 0 Å². The Kier molecular flexibility index (Phi) is 9.40. The van der Waals surface area contributed by atoms with Gasteiger partial charge in [0.1, 0.15) is 17.7 Å². The molecule has 0 aliphatic carbocycles. The maximum Gasteiger partial charge on any atom is 0.408 e. The second-order valence-electron chi connectivity index (χ2n) is 6.88. The second-order valence-corrected chi connectivity index (χ2v) is 6.88. The zero-order valence-electron chi connectivity index (χ0n) is 15.9. The molecule has 0 fully saturated rings. The molecule has 0 saturated heterocycles. The summed E-state index contributed by atoms with van der Waals surface area (Å²) in [6, 6.07) is -1.51. The Morgan fingerprint density at radius 3 is 2.08 bits per heavy atom. The van der Waals surface area contributed by atoms with Crippen molar-refractivity contribution >= 4 is 18.0 Å². The monoisotopic (exact) mass is 344 g/mol. The topological polar surface area (TPSA) is 93.7 Å². The molecular weight excluding hydrogens is 312 g/mol. The SMILES string of the molecule is CCC[C@H](NC(=O)[C@@H](NC(=O)OC(C)(C)C)C(C)CC)C(=O)OC. The highest BCUT2D eigenvalue weighted by molar-refractivity contribution is 5.89. The number of carbonyl (C=O) groups excluding carboxylic acids is 3. The van der Waals surface area contributed by atoms with Crippen LogP contribution in [0.3, 0.4) is 0 Å². The van der Waals surface area contributed by atoms with E-state index in [9.17, 15) is 14.4 Å². The maximum absolute atomic E-state index is 12.6. The molecule has 0 aliphatic rings. The van der Waals surface area contributed by atoms with Crippen LogP contribution in [0.1, 0.15) is 60.8 Å². The molecule has 0 aromatic rings. The van der Waals surface area contributed by atoms with Crippen molar-refractivity contribution in [2.45, 2.75) is 78.5 Å². The van der Waals surface area contributed by atoms with Gasteiger partial charge in [-0.05, 0) is 33.1 Å². The average molecular weight is 344 g/mol. The molecule has 0 heterocycles. The predicted molar refractivity (Wildman–Crippen MR) is 91.5 cm³/mol. The summed E-state index contributed by atoms with van der Waals surface area (Å²) in [5, 5.41) is 5.27. The molecule has 2 amide bonds. The summed E-state index contributed by atoms with van der Waals surface area (Å²) in [6.07, 6.45) is 1.21. The minimum atomic E-state index is -0.783. The van der Waals surface area contributed by atoms with Crippen molar-refractivity contribution in [3.63, 3.8) is 0 Å². The van der Waals surface area contributed by atoms with Crippen LogP contribution in [0.5, 0.6) is 0 Å². The highest BCUT2D eigenvalue weighted by atomic mass is 16.6. The Bertz CT molecular complexity index is 431. The minimum Gasteiger partial charge on any atom is -0.467 e. The lowest BCUT2D eigenvalue weighted by molar-refractivity contribution is -0.145. The zero-order valence-corrected chi connectivity index (χ0v) is 15.9. The van der Waals surface area contributed by atoms with E-state index in [1.165, 1.54) is 7.11 Å². The summed E-state index contributed by atoms with van der Waals surface area (Å²) in [5.41, 5.74) is -0.655. The quantitative estimate of drug-likeness (QED) is 0.659. The number of hydrogen-bond donors (Lipinski definition) is 2. The summed E-state index contributed by atoms with van der Waals surface area (Å²) in [4.78, 5) is 36.3. The molecule has 7 heteroatoms. The van der Waals surface area contributed by atoms with Gasteiger partial charge < -0.3 is 20.1 Å². The molecule has 7 nitrogen and oxygen atoms in total. The van der Waals surface area contributed by atoms with Crippen LogP contribution in [-0.4, -0.2) is 42.8 Å². The first-order valence-electron chi connectivity index (χ1n) is 8.43. The first-order valence-corrected chi connectivity index (χ1v) is 8.43. The van der Waals surface area contributed by atoms with Gasteiger partial charge in [-0.2, -0.15) is 0 Å². The number of esters is 1. The van der Waals surface area contributed by atoms with Crippen LogP contribution in [0.25, 0.3) is 0 Å². The smallest absolute Gasteiger partial charge is 0.408 e. The molecule has 3 atom stereocenters. The van der Waals surface area contributed by atoms with Gasteiger partial charge >= 0.3 is 12.1 Å². The van der Waals surface area contributed by atoms with E-state index in [4.69, 9.17) is 9.47 Å². The van der Waals surface area contributed by atoms with E-state index in [-0.39, 0.29) is 5.92 Å². The standard InChI is InChI=1S/C17H32N2O5/c1-8-10-12(15(21)23-7)18-14(20)13(11(3)9-2)19-16(22)24-17(4,5)6/h11-13H,8-10H2,1-7H3,(H,18,20)(H,19,22)/t11?,12-,13-/m0/s1. The molecular formula is C17H32N2O5. The lowest BCUT2D eigenvalue weighted by atomic mass is 9.98. The number of ether oxygens (including phenoxy) is 2. The Labute approximate surface area is 144 Å². The van der Waals surface area contributed by atoms with E-state index in [1.54, 1.807) is 20.8 Å². The Morgan fingerprint density at radius 2 is 1.67 bits per heavy atom. The number of alkyl carbamates (subject to hydrolysis) is 1. The third-order valence-electron chi connectivity index (χ3n) is 3.55. The fourth-order valence-electron chi connectivity index (χ4n) is 2.08. The van der Waals surface area contributed by atoms with Crippen molar-refractivity contribution in [1.82, 2.24) is 10.6 Å². The van der Waals surface area contributed by atoms with Crippen molar-refractivity contribution in [2.75, 3.05) is 7.11 Å². The van der Waals surface area contributed by atoms with Crippen molar-refractivity contribution < 1.29 is 23.9 Å². The fraction of sp³-hybridized carbons (Fsp3) is 0.824. The zero-order chi connectivity index (χ0) is 18.9. The maximum atomic E-state index is 12.6. The molecule has 2 N–H and O–H groups in total. The Balaban J connectivity index is 5.06. The average Bonchev–Trinajstić information content (AvgIpc) is 2.48. The molecule has 0 spiro atoms. The number of rotatable bonds is 8. The fourth-order valence-corrected chi connectivity index (χ4v) is 2.08. The van der Waals surface area contributed by atoms with Crippen molar-refractivity contribution in [1.29, 1.82) is 0 Å². The number of nitrogens with one attached hydrogen (secondary N) is 2. The van der Waals surface area contributed by atoms with Gasteiger partial charge in [-0.3, -0.25) is 4.79 Å². The number of carbonyl (C=O) groups is 3. The molecule has 0 aromatic heterocycles. The summed E-state index contributed by atoms with van der Waals surface area (Å²) in [7, 11) is 1.28. The molecule has 0 bridgehead atoms. The molecule has 0 saturated carbocycles. The number of hydrogen-bond acceptors (Lipinski definition) is 5. The van der Waals surface area contributed by atoms with E-state index in [0.29, 0.717) is 19.3 Å². The molecule has 0 radical (unpaired) electrons. The van der Waals surface area contributed by atoms with Gasteiger partial charge in [0.15, 0.2) is 0 Å². The van der Waals surface area contributed by atoms with Gasteiger partial charge in [-0.1, -0.05) is 33.6 Å². The van der Waals surface area contributed by atoms with Crippen molar-refractivity contribution in [2.24, 2.45) is 5.92 Å². The molecule has 0 aromatic carbocycles. The molecule has 1 unspecified atom stereocenters. The molecule has 24 heavy (non-hydrogen) atoms.